The second-order valence-corrected chi connectivity index (χ2v) is 5.35. The van der Waals surface area contributed by atoms with E-state index in [4.69, 9.17) is 0 Å². The third-order valence-electron chi connectivity index (χ3n) is 3.55. The molecular formula is C16H23N3. The molecule has 1 N–H and O–H groups in total. The summed E-state index contributed by atoms with van der Waals surface area (Å²) in [6, 6.07) is 9.32. The van der Waals surface area contributed by atoms with E-state index >= 15 is 0 Å². The lowest BCUT2D eigenvalue weighted by atomic mass is 10.0. The summed E-state index contributed by atoms with van der Waals surface area (Å²) in [4.78, 5) is 4.23. The van der Waals surface area contributed by atoms with Crippen LogP contribution in [0, 0.1) is 6.92 Å². The second-order valence-electron chi connectivity index (χ2n) is 5.35. The van der Waals surface area contributed by atoms with Crippen LogP contribution >= 0.6 is 0 Å². The van der Waals surface area contributed by atoms with E-state index in [2.05, 4.69) is 66.8 Å². The first kappa shape index (κ1) is 13.8. The van der Waals surface area contributed by atoms with Gasteiger partial charge in [0.25, 0.3) is 0 Å². The molecule has 1 aromatic carbocycles. The average molecular weight is 257 g/mol. The largest absolute Gasteiger partial charge is 0.331 e. The molecule has 3 nitrogen and oxygen atoms in total. The highest BCUT2D eigenvalue weighted by Crippen LogP contribution is 2.17. The molecule has 0 radical (unpaired) electrons. The maximum atomic E-state index is 4.23. The number of hydrogen-bond donors (Lipinski definition) is 1. The lowest BCUT2D eigenvalue weighted by Crippen LogP contribution is -2.21. The summed E-state index contributed by atoms with van der Waals surface area (Å²) >= 11 is 0. The van der Waals surface area contributed by atoms with E-state index < -0.39 is 0 Å². The minimum atomic E-state index is 0.344. The van der Waals surface area contributed by atoms with Gasteiger partial charge in [-0.2, -0.15) is 0 Å². The molecule has 3 heteroatoms. The number of imidazole rings is 1. The van der Waals surface area contributed by atoms with Crippen molar-refractivity contribution in [3.63, 3.8) is 0 Å². The van der Waals surface area contributed by atoms with Gasteiger partial charge in [-0.3, -0.25) is 0 Å². The molecule has 0 bridgehead atoms. The number of rotatable bonds is 5. The summed E-state index contributed by atoms with van der Waals surface area (Å²) in [6.07, 6.45) is 3.84. The topological polar surface area (TPSA) is 29.9 Å². The first-order valence-electron chi connectivity index (χ1n) is 6.89. The van der Waals surface area contributed by atoms with E-state index in [1.54, 1.807) is 0 Å². The third-order valence-corrected chi connectivity index (χ3v) is 3.55. The SMILES string of the molecule is Cc1ccccc1[C@@H](C)NCc1cncn1C(C)C. The zero-order valence-corrected chi connectivity index (χ0v) is 12.2. The molecule has 1 aromatic heterocycles. The lowest BCUT2D eigenvalue weighted by molar-refractivity contribution is 0.517. The molecule has 19 heavy (non-hydrogen) atoms. The second kappa shape index (κ2) is 6.02. The molecule has 0 amide bonds. The van der Waals surface area contributed by atoms with Gasteiger partial charge in [0.2, 0.25) is 0 Å². The maximum Gasteiger partial charge on any atom is 0.0951 e. The lowest BCUT2D eigenvalue weighted by Gasteiger charge is -2.18. The fourth-order valence-corrected chi connectivity index (χ4v) is 2.37. The first-order valence-corrected chi connectivity index (χ1v) is 6.89. The number of hydrogen-bond acceptors (Lipinski definition) is 2. The molecule has 1 heterocycles. The van der Waals surface area contributed by atoms with Gasteiger partial charge >= 0.3 is 0 Å². The molecule has 0 aliphatic heterocycles. The van der Waals surface area contributed by atoms with E-state index in [0.717, 1.165) is 6.54 Å². The normalized spacial score (nSPS) is 12.9. The van der Waals surface area contributed by atoms with E-state index in [-0.39, 0.29) is 0 Å². The Hall–Kier alpha value is -1.61. The fraction of sp³-hybridized carbons (Fsp3) is 0.438. The van der Waals surface area contributed by atoms with Crippen LogP contribution in [0.5, 0.6) is 0 Å². The van der Waals surface area contributed by atoms with Crippen LogP contribution in [-0.2, 0) is 6.54 Å². The predicted octanol–water partition coefficient (Wildman–Crippen LogP) is 3.62. The Morgan fingerprint density at radius 1 is 1.21 bits per heavy atom. The molecule has 0 fully saturated rings. The monoisotopic (exact) mass is 257 g/mol. The highest BCUT2D eigenvalue weighted by Gasteiger charge is 2.10. The summed E-state index contributed by atoms with van der Waals surface area (Å²) in [5.41, 5.74) is 3.92. The van der Waals surface area contributed by atoms with Crippen LogP contribution in [0.1, 0.15) is 49.7 Å². The summed E-state index contributed by atoms with van der Waals surface area (Å²) in [6.45, 7) is 9.56. The third kappa shape index (κ3) is 3.24. The Morgan fingerprint density at radius 3 is 2.63 bits per heavy atom. The molecule has 102 valence electrons. The Morgan fingerprint density at radius 2 is 1.95 bits per heavy atom. The maximum absolute atomic E-state index is 4.23. The van der Waals surface area contributed by atoms with Crippen molar-refractivity contribution >= 4 is 0 Å². The zero-order chi connectivity index (χ0) is 13.8. The molecule has 0 unspecified atom stereocenters. The zero-order valence-electron chi connectivity index (χ0n) is 12.2. The Bertz CT molecular complexity index is 528. The quantitative estimate of drug-likeness (QED) is 0.886. The van der Waals surface area contributed by atoms with Gasteiger partial charge in [0.1, 0.15) is 0 Å². The van der Waals surface area contributed by atoms with Crippen LogP contribution < -0.4 is 5.32 Å². The molecule has 2 aromatic rings. The van der Waals surface area contributed by atoms with Crippen LogP contribution in [0.4, 0.5) is 0 Å². The highest BCUT2D eigenvalue weighted by molar-refractivity contribution is 5.28. The molecule has 0 saturated carbocycles. The van der Waals surface area contributed by atoms with E-state index in [1.807, 2.05) is 12.5 Å². The van der Waals surface area contributed by atoms with E-state index in [9.17, 15) is 0 Å². The van der Waals surface area contributed by atoms with Gasteiger partial charge in [-0.15, -0.1) is 0 Å². The number of aryl methyl sites for hydroxylation is 1. The van der Waals surface area contributed by atoms with Crippen LogP contribution in [0.2, 0.25) is 0 Å². The van der Waals surface area contributed by atoms with Crippen molar-refractivity contribution < 1.29 is 0 Å². The van der Waals surface area contributed by atoms with Crippen molar-refractivity contribution in [1.82, 2.24) is 14.9 Å². The van der Waals surface area contributed by atoms with Gasteiger partial charge in [0, 0.05) is 24.8 Å². The van der Waals surface area contributed by atoms with Crippen LogP contribution in [0.3, 0.4) is 0 Å². The van der Waals surface area contributed by atoms with Crippen molar-refractivity contribution in [3.8, 4) is 0 Å². The fourth-order valence-electron chi connectivity index (χ4n) is 2.37. The van der Waals surface area contributed by atoms with Gasteiger partial charge < -0.3 is 9.88 Å². The summed E-state index contributed by atoms with van der Waals surface area (Å²) in [7, 11) is 0. The number of benzene rings is 1. The van der Waals surface area contributed by atoms with Gasteiger partial charge in [0.15, 0.2) is 0 Å². The minimum absolute atomic E-state index is 0.344. The number of nitrogens with zero attached hydrogens (tertiary/aromatic N) is 2. The van der Waals surface area contributed by atoms with E-state index in [1.165, 1.54) is 16.8 Å². The summed E-state index contributed by atoms with van der Waals surface area (Å²) in [5, 5.41) is 3.58. The van der Waals surface area contributed by atoms with E-state index in [0.29, 0.717) is 12.1 Å². The Balaban J connectivity index is 2.03. The molecule has 1 atom stereocenters. The molecule has 0 saturated heterocycles. The molecule has 2 rings (SSSR count). The molecule has 0 aliphatic rings. The van der Waals surface area contributed by atoms with Gasteiger partial charge in [-0.25, -0.2) is 4.98 Å². The van der Waals surface area contributed by atoms with Crippen LogP contribution in [0.25, 0.3) is 0 Å². The molecular weight excluding hydrogens is 234 g/mol. The molecule has 0 aliphatic carbocycles. The summed E-state index contributed by atoms with van der Waals surface area (Å²) in [5.74, 6) is 0. The van der Waals surface area contributed by atoms with Crippen molar-refractivity contribution in [3.05, 3.63) is 53.6 Å². The van der Waals surface area contributed by atoms with Crippen molar-refractivity contribution in [1.29, 1.82) is 0 Å². The van der Waals surface area contributed by atoms with Gasteiger partial charge in [-0.1, -0.05) is 24.3 Å². The predicted molar refractivity (Wildman–Crippen MR) is 79.0 cm³/mol. The van der Waals surface area contributed by atoms with Crippen LogP contribution in [-0.4, -0.2) is 9.55 Å². The number of nitrogens with one attached hydrogen (secondary N) is 1. The highest BCUT2D eigenvalue weighted by atomic mass is 15.1. The first-order chi connectivity index (χ1) is 9.09. The van der Waals surface area contributed by atoms with Crippen molar-refractivity contribution in [2.24, 2.45) is 0 Å². The average Bonchev–Trinajstić information content (AvgIpc) is 2.85. The summed E-state index contributed by atoms with van der Waals surface area (Å²) < 4.78 is 2.21. The van der Waals surface area contributed by atoms with Crippen molar-refractivity contribution in [2.75, 3.05) is 0 Å². The van der Waals surface area contributed by atoms with Gasteiger partial charge in [-0.05, 0) is 38.8 Å². The minimum Gasteiger partial charge on any atom is -0.331 e. The number of aromatic nitrogens is 2. The van der Waals surface area contributed by atoms with Crippen molar-refractivity contribution in [2.45, 2.75) is 46.3 Å². The van der Waals surface area contributed by atoms with Gasteiger partial charge in [0.05, 0.1) is 12.0 Å². The Kier molecular flexibility index (Phi) is 4.38. The smallest absolute Gasteiger partial charge is 0.0951 e. The molecule has 0 spiro atoms. The standard InChI is InChI=1S/C16H23N3/c1-12(2)19-11-17-9-15(19)10-18-14(4)16-8-6-5-7-13(16)3/h5-9,11-12,14,18H,10H2,1-4H3/t14-/m1/s1. The van der Waals surface area contributed by atoms with Crippen LogP contribution in [0.15, 0.2) is 36.8 Å². The Labute approximate surface area is 115 Å².